The van der Waals surface area contributed by atoms with E-state index in [0.717, 1.165) is 18.7 Å². The zero-order valence-corrected chi connectivity index (χ0v) is 31.4. The van der Waals surface area contributed by atoms with Gasteiger partial charge in [0.2, 0.25) is 41.4 Å². The second-order valence-electron chi connectivity index (χ2n) is 13.6. The van der Waals surface area contributed by atoms with Crippen LogP contribution in [0.15, 0.2) is 0 Å². The molecule has 23 heteroatoms. The Labute approximate surface area is 320 Å². The van der Waals surface area contributed by atoms with Crippen LogP contribution in [0.1, 0.15) is 79.1 Å². The highest BCUT2D eigenvalue weighted by Crippen LogP contribution is 2.20. The van der Waals surface area contributed by atoms with Crippen molar-refractivity contribution in [1.29, 1.82) is 0 Å². The summed E-state index contributed by atoms with van der Waals surface area (Å²) in [5.41, 5.74) is 0. The van der Waals surface area contributed by atoms with E-state index in [9.17, 15) is 73.2 Å². The first-order chi connectivity index (χ1) is 26.0. The van der Waals surface area contributed by atoms with Gasteiger partial charge >= 0.3 is 23.9 Å². The van der Waals surface area contributed by atoms with Crippen molar-refractivity contribution < 1.29 is 78.3 Å². The lowest BCUT2D eigenvalue weighted by Crippen LogP contribution is -2.60. The molecule has 0 aromatic rings. The normalized spacial score (nSPS) is 16.8. The van der Waals surface area contributed by atoms with Crippen LogP contribution < -0.4 is 31.9 Å². The first-order valence-corrected chi connectivity index (χ1v) is 17.7. The lowest BCUT2D eigenvalue weighted by Gasteiger charge is -2.29. The summed E-state index contributed by atoms with van der Waals surface area (Å²) in [5, 5.41) is 60.6. The fourth-order valence-corrected chi connectivity index (χ4v) is 5.61. The van der Waals surface area contributed by atoms with Crippen LogP contribution in [0.5, 0.6) is 0 Å². The van der Waals surface area contributed by atoms with Gasteiger partial charge in [0.1, 0.15) is 36.3 Å². The number of aliphatic carboxylic acids is 4. The quantitative estimate of drug-likeness (QED) is 0.0447. The van der Waals surface area contributed by atoms with E-state index in [-0.39, 0.29) is 31.7 Å². The summed E-state index contributed by atoms with van der Waals surface area (Å²) in [6, 6.07) is -9.11. The molecule has 7 amide bonds. The summed E-state index contributed by atoms with van der Waals surface area (Å²) in [5.74, 6) is -12.5. The van der Waals surface area contributed by atoms with Crippen LogP contribution >= 0.6 is 0 Å². The average molecular weight is 802 g/mol. The van der Waals surface area contributed by atoms with Crippen LogP contribution in [0, 0.1) is 5.92 Å². The second kappa shape index (κ2) is 23.1. The molecule has 1 rings (SSSR count). The molecule has 0 spiro atoms. The fraction of sp³-hybridized carbons (Fsp3) is 0.667. The van der Waals surface area contributed by atoms with Crippen molar-refractivity contribution in [2.24, 2.45) is 5.92 Å². The lowest BCUT2D eigenvalue weighted by molar-refractivity contribution is -0.146. The van der Waals surface area contributed by atoms with Gasteiger partial charge in [0, 0.05) is 26.3 Å². The Kier molecular flexibility index (Phi) is 19.9. The third-order valence-corrected chi connectivity index (χ3v) is 8.28. The van der Waals surface area contributed by atoms with E-state index in [2.05, 4.69) is 31.9 Å². The SMILES string of the molecule is CC(=O)N[C@@H](CC(=O)O)C(=O)N1CCC[C@H]1C(=O)N[C@@H](CCC(=O)O)C(=O)N[C@H](C(=O)NCC(=O)N[C@@H](CCC(=O)O)C(=O)N[C@@H](CC(C)C)C(=O)O)[C@@H](C)O. The lowest BCUT2D eigenvalue weighted by atomic mass is 10.0. The van der Waals surface area contributed by atoms with E-state index in [1.807, 2.05) is 0 Å². The number of nitrogens with one attached hydrogen (secondary N) is 6. The Morgan fingerprint density at radius 2 is 1.23 bits per heavy atom. The van der Waals surface area contributed by atoms with Crippen molar-refractivity contribution >= 4 is 65.2 Å². The standard InChI is InChI=1S/C33H51N7O16/c1-15(2)12-21(33(55)56)38-28(50)18(7-9-24(44)45)36-23(43)14-34-31(53)27(16(3)41)39-29(51)19(8-10-25(46)47)37-30(52)22-6-5-11-40(22)32(54)20(13-26(48)49)35-17(4)42/h15-16,18-22,27,41H,5-14H2,1-4H3,(H,34,53)(H,35,42)(H,36,43)(H,37,52)(H,38,50)(H,39,51)(H,44,45)(H,46,47)(H,48,49)(H,55,56)/t16-,18+,19+,20+,21+,22+,27+/m1/s1. The number of aliphatic hydroxyl groups excluding tert-OH is 1. The van der Waals surface area contributed by atoms with Crippen molar-refractivity contribution in [2.45, 2.75) is 121 Å². The van der Waals surface area contributed by atoms with Crippen LogP contribution in [0.3, 0.4) is 0 Å². The van der Waals surface area contributed by atoms with Gasteiger partial charge in [-0.15, -0.1) is 0 Å². The van der Waals surface area contributed by atoms with Crippen molar-refractivity contribution in [3.05, 3.63) is 0 Å². The van der Waals surface area contributed by atoms with Crippen molar-refractivity contribution in [3.63, 3.8) is 0 Å². The largest absolute Gasteiger partial charge is 0.481 e. The number of aliphatic hydroxyl groups is 1. The molecule has 0 saturated carbocycles. The average Bonchev–Trinajstić information content (AvgIpc) is 3.58. The van der Waals surface area contributed by atoms with Crippen LogP contribution in [-0.2, 0) is 52.7 Å². The zero-order chi connectivity index (χ0) is 42.9. The number of amides is 7. The van der Waals surface area contributed by atoms with Crippen molar-refractivity contribution in [3.8, 4) is 0 Å². The summed E-state index contributed by atoms with van der Waals surface area (Å²) in [7, 11) is 0. The van der Waals surface area contributed by atoms with Gasteiger partial charge in [-0.2, -0.15) is 0 Å². The molecule has 23 nitrogen and oxygen atoms in total. The van der Waals surface area contributed by atoms with E-state index in [4.69, 9.17) is 5.11 Å². The van der Waals surface area contributed by atoms with E-state index in [1.54, 1.807) is 13.8 Å². The molecule has 1 heterocycles. The van der Waals surface area contributed by atoms with Gasteiger partial charge in [-0.1, -0.05) is 13.8 Å². The smallest absolute Gasteiger partial charge is 0.326 e. The maximum Gasteiger partial charge on any atom is 0.326 e. The van der Waals surface area contributed by atoms with Crippen LogP contribution in [-0.4, -0.2) is 151 Å². The second-order valence-corrected chi connectivity index (χ2v) is 13.6. The first kappa shape index (κ1) is 48.1. The number of hydrogen-bond acceptors (Lipinski definition) is 12. The molecule has 1 saturated heterocycles. The molecular weight excluding hydrogens is 750 g/mol. The molecule has 1 fully saturated rings. The maximum atomic E-state index is 13.4. The molecule has 0 radical (unpaired) electrons. The Hall–Kier alpha value is -5.87. The van der Waals surface area contributed by atoms with Crippen LogP contribution in [0.4, 0.5) is 0 Å². The Balaban J connectivity index is 3.09. The summed E-state index contributed by atoms with van der Waals surface area (Å²) < 4.78 is 0. The van der Waals surface area contributed by atoms with Gasteiger partial charge in [-0.05, 0) is 44.9 Å². The molecule has 0 aromatic carbocycles. The Morgan fingerprint density at radius 3 is 1.71 bits per heavy atom. The molecule has 1 aliphatic heterocycles. The number of nitrogens with zero attached hydrogens (tertiary/aromatic N) is 1. The van der Waals surface area contributed by atoms with Gasteiger partial charge in [0.15, 0.2) is 0 Å². The minimum Gasteiger partial charge on any atom is -0.481 e. The van der Waals surface area contributed by atoms with Crippen LogP contribution in [0.25, 0.3) is 0 Å². The number of carbonyl (C=O) groups excluding carboxylic acids is 7. The molecule has 314 valence electrons. The number of likely N-dealkylation sites (tertiary alicyclic amines) is 1. The molecule has 1 aliphatic rings. The highest BCUT2D eigenvalue weighted by molar-refractivity contribution is 5.97. The van der Waals surface area contributed by atoms with E-state index in [0.29, 0.717) is 0 Å². The molecule has 56 heavy (non-hydrogen) atoms. The number of rotatable bonds is 24. The minimum atomic E-state index is -1.81. The van der Waals surface area contributed by atoms with Gasteiger partial charge in [-0.3, -0.25) is 47.9 Å². The zero-order valence-electron chi connectivity index (χ0n) is 31.4. The Morgan fingerprint density at radius 1 is 0.679 bits per heavy atom. The van der Waals surface area contributed by atoms with Gasteiger partial charge in [0.05, 0.1) is 19.1 Å². The summed E-state index contributed by atoms with van der Waals surface area (Å²) in [4.78, 5) is 137. The summed E-state index contributed by atoms with van der Waals surface area (Å²) in [6.07, 6.45) is -4.32. The highest BCUT2D eigenvalue weighted by Gasteiger charge is 2.40. The van der Waals surface area contributed by atoms with E-state index < -0.39 is 146 Å². The van der Waals surface area contributed by atoms with Gasteiger partial charge < -0.3 is 62.3 Å². The minimum absolute atomic E-state index is 0.0115. The number of carboxylic acid groups (broad SMARTS) is 4. The van der Waals surface area contributed by atoms with Crippen molar-refractivity contribution in [1.82, 2.24) is 36.8 Å². The molecule has 0 aliphatic carbocycles. The van der Waals surface area contributed by atoms with Crippen LogP contribution in [0.2, 0.25) is 0 Å². The number of hydrogen-bond donors (Lipinski definition) is 11. The predicted octanol–water partition coefficient (Wildman–Crippen LogP) is -3.75. The molecule has 0 bridgehead atoms. The maximum absolute atomic E-state index is 13.4. The highest BCUT2D eigenvalue weighted by atomic mass is 16.4. The Bertz CT molecular complexity index is 1490. The summed E-state index contributed by atoms with van der Waals surface area (Å²) >= 11 is 0. The fourth-order valence-electron chi connectivity index (χ4n) is 5.61. The molecular formula is C33H51N7O16. The molecule has 0 unspecified atom stereocenters. The van der Waals surface area contributed by atoms with Gasteiger partial charge in [0.25, 0.3) is 0 Å². The number of carbonyl (C=O) groups is 11. The summed E-state index contributed by atoms with van der Waals surface area (Å²) in [6.45, 7) is 4.67. The number of carboxylic acids is 4. The first-order valence-electron chi connectivity index (χ1n) is 17.7. The third-order valence-electron chi connectivity index (χ3n) is 8.28. The van der Waals surface area contributed by atoms with Gasteiger partial charge in [-0.25, -0.2) is 4.79 Å². The van der Waals surface area contributed by atoms with E-state index >= 15 is 0 Å². The topological polar surface area (TPSA) is 364 Å². The third kappa shape index (κ3) is 17.1. The predicted molar refractivity (Wildman–Crippen MR) is 188 cm³/mol. The molecule has 11 N–H and O–H groups in total. The van der Waals surface area contributed by atoms with Crippen molar-refractivity contribution in [2.75, 3.05) is 13.1 Å². The molecule has 7 atom stereocenters. The molecule has 0 aromatic heterocycles. The monoisotopic (exact) mass is 801 g/mol. The van der Waals surface area contributed by atoms with E-state index in [1.165, 1.54) is 0 Å².